The molecule has 1 aromatic heterocycles. The normalized spacial score (nSPS) is 11.1. The molecule has 0 amide bonds. The van der Waals surface area contributed by atoms with Crippen molar-refractivity contribution in [2.75, 3.05) is 7.11 Å². The lowest BCUT2D eigenvalue weighted by molar-refractivity contribution is -0.385. The number of methoxy groups -OCH3 is 1. The maximum atomic E-state index is 13.8. The Kier molecular flexibility index (Phi) is 6.75. The molecule has 172 valence electrons. The van der Waals surface area contributed by atoms with Crippen LogP contribution >= 0.6 is 0 Å². The summed E-state index contributed by atoms with van der Waals surface area (Å²) in [6, 6.07) is 4.49. The Morgan fingerprint density at radius 3 is 2.45 bits per heavy atom. The quantitative estimate of drug-likeness (QED) is 0.122. The average Bonchev–Trinajstić information content (AvgIpc) is 3.18. The van der Waals surface area contributed by atoms with Crippen LogP contribution in [0.15, 0.2) is 36.5 Å². The number of allylic oxidation sites excluding steroid dienone is 1. The molecule has 2 aromatic carbocycles. The van der Waals surface area contributed by atoms with Gasteiger partial charge in [-0.1, -0.05) is 12.1 Å². The number of nitrogens with zero attached hydrogens (tertiary/aromatic N) is 3. The first-order chi connectivity index (χ1) is 15.6. The third-order valence-electron chi connectivity index (χ3n) is 4.41. The third kappa shape index (κ3) is 5.00. The first-order valence-electron chi connectivity index (χ1n) is 9.15. The molecule has 0 radical (unpaired) electrons. The molecule has 0 atom stereocenters. The zero-order chi connectivity index (χ0) is 24.3. The van der Waals surface area contributed by atoms with Gasteiger partial charge in [-0.3, -0.25) is 19.6 Å². The Bertz CT molecular complexity index is 1250. The lowest BCUT2D eigenvalue weighted by atomic mass is 10.1. The van der Waals surface area contributed by atoms with Gasteiger partial charge < -0.3 is 9.47 Å². The predicted molar refractivity (Wildman–Crippen MR) is 107 cm³/mol. The number of ketones is 1. The standard InChI is InChI=1S/C21H15F4N3O5/c1-27-9-15(28(30)31)20(26-27)16(29)5-3-11-4-6-17(32-2)12(7-11)10-33-21-18(24)13(22)8-14(23)19(21)25/h3-9H,10H2,1-2H3/b5-3+. The summed E-state index contributed by atoms with van der Waals surface area (Å²) in [6.07, 6.45) is 3.48. The summed E-state index contributed by atoms with van der Waals surface area (Å²) in [6.45, 7) is -0.527. The van der Waals surface area contributed by atoms with Crippen molar-refractivity contribution in [3.05, 3.63) is 86.7 Å². The summed E-state index contributed by atoms with van der Waals surface area (Å²) in [5.74, 6) is -8.33. The van der Waals surface area contributed by atoms with Crippen molar-refractivity contribution in [3.8, 4) is 11.5 Å². The largest absolute Gasteiger partial charge is 0.496 e. The first kappa shape index (κ1) is 23.4. The number of rotatable bonds is 8. The highest BCUT2D eigenvalue weighted by Gasteiger charge is 2.23. The molecular formula is C21H15F4N3O5. The number of ether oxygens (including phenoxy) is 2. The molecule has 0 saturated carbocycles. The number of carbonyl (C=O) groups is 1. The van der Waals surface area contributed by atoms with Crippen LogP contribution in [0.25, 0.3) is 6.08 Å². The zero-order valence-electron chi connectivity index (χ0n) is 17.1. The van der Waals surface area contributed by atoms with E-state index < -0.39 is 52.0 Å². The molecule has 1 heterocycles. The van der Waals surface area contributed by atoms with Crippen LogP contribution in [0.1, 0.15) is 21.6 Å². The van der Waals surface area contributed by atoms with Crippen molar-refractivity contribution in [3.63, 3.8) is 0 Å². The van der Waals surface area contributed by atoms with Crippen LogP contribution in [-0.2, 0) is 13.7 Å². The first-order valence-corrected chi connectivity index (χ1v) is 9.15. The predicted octanol–water partition coefficient (Wildman–Crippen LogP) is 4.37. The van der Waals surface area contributed by atoms with Crippen LogP contribution < -0.4 is 9.47 Å². The van der Waals surface area contributed by atoms with E-state index in [4.69, 9.17) is 9.47 Å². The van der Waals surface area contributed by atoms with Crippen molar-refractivity contribution in [2.24, 2.45) is 7.05 Å². The molecule has 0 saturated heterocycles. The number of aromatic nitrogens is 2. The van der Waals surface area contributed by atoms with E-state index in [1.54, 1.807) is 0 Å². The molecule has 0 bridgehead atoms. The number of hydrogen-bond donors (Lipinski definition) is 0. The van der Waals surface area contributed by atoms with E-state index in [0.717, 1.165) is 17.0 Å². The second-order valence-electron chi connectivity index (χ2n) is 6.65. The average molecular weight is 465 g/mol. The topological polar surface area (TPSA) is 96.5 Å². The van der Waals surface area contributed by atoms with Crippen LogP contribution in [0.4, 0.5) is 23.2 Å². The highest BCUT2D eigenvalue weighted by Crippen LogP contribution is 2.29. The number of aryl methyl sites for hydroxylation is 1. The molecule has 0 N–H and O–H groups in total. The van der Waals surface area contributed by atoms with Crippen molar-refractivity contribution >= 4 is 17.5 Å². The van der Waals surface area contributed by atoms with Gasteiger partial charge in [0.1, 0.15) is 18.6 Å². The smallest absolute Gasteiger partial charge is 0.318 e. The Morgan fingerprint density at radius 2 is 1.85 bits per heavy atom. The van der Waals surface area contributed by atoms with Crippen LogP contribution in [0.2, 0.25) is 0 Å². The van der Waals surface area contributed by atoms with Gasteiger partial charge in [0, 0.05) is 18.7 Å². The monoisotopic (exact) mass is 465 g/mol. The fraction of sp³-hybridized carbons (Fsp3) is 0.143. The van der Waals surface area contributed by atoms with Crippen molar-refractivity contribution in [1.29, 1.82) is 0 Å². The van der Waals surface area contributed by atoms with E-state index >= 15 is 0 Å². The van der Waals surface area contributed by atoms with Crippen LogP contribution in [-0.4, -0.2) is 27.6 Å². The molecule has 8 nitrogen and oxygen atoms in total. The van der Waals surface area contributed by atoms with Crippen LogP contribution in [0.5, 0.6) is 11.5 Å². The summed E-state index contributed by atoms with van der Waals surface area (Å²) in [5, 5.41) is 14.8. The van der Waals surface area contributed by atoms with Gasteiger partial charge in [-0.2, -0.15) is 13.9 Å². The summed E-state index contributed by atoms with van der Waals surface area (Å²) in [4.78, 5) is 22.7. The summed E-state index contributed by atoms with van der Waals surface area (Å²) >= 11 is 0. The van der Waals surface area contributed by atoms with Crippen molar-refractivity contribution in [2.45, 2.75) is 6.61 Å². The van der Waals surface area contributed by atoms with E-state index in [2.05, 4.69) is 5.10 Å². The van der Waals surface area contributed by atoms with Crippen molar-refractivity contribution in [1.82, 2.24) is 9.78 Å². The maximum absolute atomic E-state index is 13.8. The number of nitro groups is 1. The van der Waals surface area contributed by atoms with Gasteiger partial charge in [-0.05, 0) is 23.8 Å². The Morgan fingerprint density at radius 1 is 1.18 bits per heavy atom. The van der Waals surface area contributed by atoms with Crippen LogP contribution in [0, 0.1) is 33.4 Å². The zero-order valence-corrected chi connectivity index (χ0v) is 17.1. The Hall–Kier alpha value is -4.22. The number of benzene rings is 2. The summed E-state index contributed by atoms with van der Waals surface area (Å²) < 4.78 is 65.6. The molecule has 12 heteroatoms. The summed E-state index contributed by atoms with van der Waals surface area (Å²) in [5.41, 5.74) is -0.177. The molecule has 3 rings (SSSR count). The molecule has 0 aliphatic heterocycles. The third-order valence-corrected chi connectivity index (χ3v) is 4.41. The fourth-order valence-electron chi connectivity index (χ4n) is 2.88. The number of halogens is 4. The number of carbonyl (C=O) groups excluding carboxylic acids is 1. The molecule has 33 heavy (non-hydrogen) atoms. The van der Waals surface area contributed by atoms with Gasteiger partial charge in [0.2, 0.25) is 23.1 Å². The highest BCUT2D eigenvalue weighted by molar-refractivity contribution is 6.07. The maximum Gasteiger partial charge on any atom is 0.318 e. The molecule has 0 unspecified atom stereocenters. The van der Waals surface area contributed by atoms with Gasteiger partial charge in [-0.25, -0.2) is 8.78 Å². The minimum Gasteiger partial charge on any atom is -0.496 e. The summed E-state index contributed by atoms with van der Waals surface area (Å²) in [7, 11) is 2.75. The van der Waals surface area contributed by atoms with Gasteiger partial charge >= 0.3 is 5.69 Å². The van der Waals surface area contributed by atoms with E-state index in [0.29, 0.717) is 5.56 Å². The fourth-order valence-corrected chi connectivity index (χ4v) is 2.88. The van der Waals surface area contributed by atoms with Gasteiger partial charge in [0.25, 0.3) is 0 Å². The minimum absolute atomic E-state index is 0.0620. The van der Waals surface area contributed by atoms with Crippen molar-refractivity contribution < 1.29 is 36.8 Å². The molecular weight excluding hydrogens is 450 g/mol. The second-order valence-corrected chi connectivity index (χ2v) is 6.65. The molecule has 0 fully saturated rings. The van der Waals surface area contributed by atoms with Gasteiger partial charge in [0.05, 0.1) is 12.0 Å². The Balaban J connectivity index is 1.85. The van der Waals surface area contributed by atoms with E-state index in [-0.39, 0.29) is 23.1 Å². The van der Waals surface area contributed by atoms with Gasteiger partial charge in [-0.15, -0.1) is 0 Å². The minimum atomic E-state index is -1.69. The van der Waals surface area contributed by atoms with E-state index in [1.165, 1.54) is 38.4 Å². The molecule has 0 aliphatic carbocycles. The van der Waals surface area contributed by atoms with Crippen LogP contribution in [0.3, 0.4) is 0 Å². The molecule has 0 aliphatic rings. The Labute approximate surface area is 183 Å². The lowest BCUT2D eigenvalue weighted by Gasteiger charge is -2.13. The van der Waals surface area contributed by atoms with E-state index in [9.17, 15) is 32.5 Å². The lowest BCUT2D eigenvalue weighted by Crippen LogP contribution is -2.05. The van der Waals surface area contributed by atoms with E-state index in [1.807, 2.05) is 0 Å². The number of hydrogen-bond acceptors (Lipinski definition) is 6. The highest BCUT2D eigenvalue weighted by atomic mass is 19.2. The molecule has 0 spiro atoms. The molecule has 3 aromatic rings. The van der Waals surface area contributed by atoms with Gasteiger partial charge in [0.15, 0.2) is 17.4 Å². The second kappa shape index (κ2) is 9.51. The SMILES string of the molecule is COc1ccc(/C=C/C(=O)c2nn(C)cc2[N+](=O)[O-])cc1COc1c(F)c(F)cc(F)c1F.